The molecule has 8 heteroatoms. The van der Waals surface area contributed by atoms with Gasteiger partial charge in [-0.25, -0.2) is 9.97 Å². The molecule has 0 spiro atoms. The molecule has 0 amide bonds. The maximum absolute atomic E-state index is 9.35. The number of anilines is 1. The van der Waals surface area contributed by atoms with Crippen LogP contribution in [0.5, 0.6) is 0 Å². The van der Waals surface area contributed by atoms with Gasteiger partial charge in [0.2, 0.25) is 0 Å². The first-order valence-corrected chi connectivity index (χ1v) is 8.70. The van der Waals surface area contributed by atoms with Crippen LogP contribution in [0.4, 0.5) is 5.82 Å². The summed E-state index contributed by atoms with van der Waals surface area (Å²) < 4.78 is 4.06. The van der Waals surface area contributed by atoms with Crippen molar-refractivity contribution in [1.82, 2.24) is 29.3 Å². The van der Waals surface area contributed by atoms with Gasteiger partial charge in [-0.1, -0.05) is 0 Å². The molecule has 4 rings (SSSR count). The van der Waals surface area contributed by atoms with Crippen LogP contribution in [0.2, 0.25) is 0 Å². The van der Waals surface area contributed by atoms with Gasteiger partial charge in [-0.2, -0.15) is 5.26 Å². The van der Waals surface area contributed by atoms with E-state index in [9.17, 15) is 5.26 Å². The number of imidazole rings is 1. The lowest BCUT2D eigenvalue weighted by molar-refractivity contribution is 0.475. The van der Waals surface area contributed by atoms with Crippen molar-refractivity contribution in [3.05, 3.63) is 54.3 Å². The Labute approximate surface area is 151 Å². The first-order chi connectivity index (χ1) is 12.8. The van der Waals surface area contributed by atoms with Crippen LogP contribution in [-0.2, 0) is 13.6 Å². The summed E-state index contributed by atoms with van der Waals surface area (Å²) in [5, 5.41) is 18.2. The standard InChI is InChI=1S/C18H20N8/c1-24-16(12-25-9-7-20-13-25)22-23-18(24)15-5-3-8-26(11-15)17-14(10-19)4-2-6-21-17/h2,4,6-7,9,13,15H,3,5,8,11-12H2,1H3/t15-/m1/s1. The van der Waals surface area contributed by atoms with Crippen LogP contribution in [0.25, 0.3) is 0 Å². The van der Waals surface area contributed by atoms with Gasteiger partial charge in [0, 0.05) is 44.6 Å². The zero-order chi connectivity index (χ0) is 17.9. The summed E-state index contributed by atoms with van der Waals surface area (Å²) >= 11 is 0. The fourth-order valence-electron chi connectivity index (χ4n) is 3.53. The van der Waals surface area contributed by atoms with Gasteiger partial charge in [-0.05, 0) is 25.0 Å². The molecule has 3 aromatic heterocycles. The number of pyridine rings is 1. The SMILES string of the molecule is Cn1c(Cn2ccnc2)nnc1[C@@H]1CCCN(c2ncccc2C#N)C1. The Bertz CT molecular complexity index is 921. The number of hydrogen-bond acceptors (Lipinski definition) is 6. The van der Waals surface area contributed by atoms with E-state index < -0.39 is 0 Å². The summed E-state index contributed by atoms with van der Waals surface area (Å²) in [5.41, 5.74) is 0.618. The summed E-state index contributed by atoms with van der Waals surface area (Å²) in [4.78, 5) is 10.7. The Balaban J connectivity index is 1.55. The van der Waals surface area contributed by atoms with E-state index in [2.05, 4.69) is 35.7 Å². The minimum atomic E-state index is 0.270. The number of rotatable bonds is 4. The van der Waals surface area contributed by atoms with E-state index in [1.54, 1.807) is 24.8 Å². The molecule has 0 N–H and O–H groups in total. The lowest BCUT2D eigenvalue weighted by Crippen LogP contribution is -2.36. The van der Waals surface area contributed by atoms with Gasteiger partial charge in [0.1, 0.15) is 17.7 Å². The summed E-state index contributed by atoms with van der Waals surface area (Å²) in [7, 11) is 2.02. The van der Waals surface area contributed by atoms with Crippen molar-refractivity contribution in [1.29, 1.82) is 5.26 Å². The average Bonchev–Trinajstić information content (AvgIpc) is 3.32. The smallest absolute Gasteiger partial charge is 0.152 e. The monoisotopic (exact) mass is 348 g/mol. The number of nitrogens with zero attached hydrogens (tertiary/aromatic N) is 8. The molecule has 1 saturated heterocycles. The molecule has 8 nitrogen and oxygen atoms in total. The first-order valence-electron chi connectivity index (χ1n) is 8.70. The molecule has 0 saturated carbocycles. The van der Waals surface area contributed by atoms with Gasteiger partial charge in [0.25, 0.3) is 0 Å². The van der Waals surface area contributed by atoms with Gasteiger partial charge in [-0.3, -0.25) is 0 Å². The Morgan fingerprint density at radius 1 is 1.31 bits per heavy atom. The second-order valence-electron chi connectivity index (χ2n) is 6.54. The van der Waals surface area contributed by atoms with E-state index in [0.29, 0.717) is 12.1 Å². The van der Waals surface area contributed by atoms with E-state index in [-0.39, 0.29) is 5.92 Å². The highest BCUT2D eigenvalue weighted by atomic mass is 15.3. The van der Waals surface area contributed by atoms with E-state index >= 15 is 0 Å². The fourth-order valence-corrected chi connectivity index (χ4v) is 3.53. The Hall–Kier alpha value is -3.21. The largest absolute Gasteiger partial charge is 0.355 e. The molecule has 3 aromatic rings. The Morgan fingerprint density at radius 2 is 2.23 bits per heavy atom. The molecule has 0 aliphatic carbocycles. The first kappa shape index (κ1) is 16.3. The fraction of sp³-hybridized carbons (Fsp3) is 0.389. The van der Waals surface area contributed by atoms with Crippen molar-refractivity contribution in [3.63, 3.8) is 0 Å². The highest BCUT2D eigenvalue weighted by molar-refractivity contribution is 5.53. The number of hydrogen-bond donors (Lipinski definition) is 0. The number of aromatic nitrogens is 6. The molecule has 1 fully saturated rings. The molecular weight excluding hydrogens is 328 g/mol. The van der Waals surface area contributed by atoms with Crippen LogP contribution in [0.15, 0.2) is 37.1 Å². The van der Waals surface area contributed by atoms with Crippen molar-refractivity contribution in [3.8, 4) is 6.07 Å². The summed E-state index contributed by atoms with van der Waals surface area (Å²) in [6, 6.07) is 5.86. The summed E-state index contributed by atoms with van der Waals surface area (Å²) in [5.74, 6) is 2.93. The highest BCUT2D eigenvalue weighted by Crippen LogP contribution is 2.29. The molecular formula is C18H20N8. The van der Waals surface area contributed by atoms with Crippen LogP contribution in [0, 0.1) is 11.3 Å². The quantitative estimate of drug-likeness (QED) is 0.713. The second-order valence-corrected chi connectivity index (χ2v) is 6.54. The lowest BCUT2D eigenvalue weighted by atomic mass is 9.97. The molecule has 4 heterocycles. The molecule has 0 radical (unpaired) electrons. The van der Waals surface area contributed by atoms with Crippen LogP contribution in [0.1, 0.15) is 36.0 Å². The average molecular weight is 348 g/mol. The second kappa shape index (κ2) is 6.96. The van der Waals surface area contributed by atoms with Crippen molar-refractivity contribution in [2.45, 2.75) is 25.3 Å². The third-order valence-electron chi connectivity index (χ3n) is 4.88. The molecule has 0 aromatic carbocycles. The van der Waals surface area contributed by atoms with Gasteiger partial charge >= 0.3 is 0 Å². The summed E-state index contributed by atoms with van der Waals surface area (Å²) in [6.07, 6.45) is 9.29. The van der Waals surface area contributed by atoms with Gasteiger partial charge in [0.15, 0.2) is 5.82 Å². The predicted molar refractivity (Wildman–Crippen MR) is 95.5 cm³/mol. The zero-order valence-electron chi connectivity index (χ0n) is 14.7. The van der Waals surface area contributed by atoms with E-state index in [1.807, 2.05) is 23.9 Å². The van der Waals surface area contributed by atoms with Gasteiger partial charge in [0.05, 0.1) is 18.4 Å². The molecule has 0 unspecified atom stereocenters. The molecule has 0 bridgehead atoms. The van der Waals surface area contributed by atoms with Gasteiger partial charge in [-0.15, -0.1) is 10.2 Å². The topological polar surface area (TPSA) is 88.4 Å². The third-order valence-corrected chi connectivity index (χ3v) is 4.88. The number of piperidine rings is 1. The van der Waals surface area contributed by atoms with Crippen LogP contribution < -0.4 is 4.90 Å². The third kappa shape index (κ3) is 3.04. The van der Waals surface area contributed by atoms with Crippen molar-refractivity contribution in [2.24, 2.45) is 7.05 Å². The maximum atomic E-state index is 9.35. The maximum Gasteiger partial charge on any atom is 0.152 e. The molecule has 1 aliphatic heterocycles. The zero-order valence-corrected chi connectivity index (χ0v) is 14.7. The summed E-state index contributed by atoms with van der Waals surface area (Å²) in [6.45, 7) is 2.35. The van der Waals surface area contributed by atoms with Crippen LogP contribution in [-0.4, -0.2) is 42.4 Å². The predicted octanol–water partition coefficient (Wildman–Crippen LogP) is 1.71. The van der Waals surface area contributed by atoms with Gasteiger partial charge < -0.3 is 14.0 Å². The normalized spacial score (nSPS) is 17.2. The molecule has 1 atom stereocenters. The van der Waals surface area contributed by atoms with Crippen LogP contribution >= 0.6 is 0 Å². The van der Waals surface area contributed by atoms with Crippen molar-refractivity contribution in [2.75, 3.05) is 18.0 Å². The lowest BCUT2D eigenvalue weighted by Gasteiger charge is -2.33. The Morgan fingerprint density at radius 3 is 3.04 bits per heavy atom. The highest BCUT2D eigenvalue weighted by Gasteiger charge is 2.27. The number of nitriles is 1. The Kier molecular flexibility index (Phi) is 4.35. The molecule has 1 aliphatic rings. The van der Waals surface area contributed by atoms with Crippen LogP contribution in [0.3, 0.4) is 0 Å². The van der Waals surface area contributed by atoms with E-state index in [4.69, 9.17) is 0 Å². The van der Waals surface area contributed by atoms with Crippen molar-refractivity contribution >= 4 is 5.82 Å². The van der Waals surface area contributed by atoms with E-state index in [1.165, 1.54) is 0 Å². The molecule has 132 valence electrons. The van der Waals surface area contributed by atoms with E-state index in [0.717, 1.165) is 43.4 Å². The molecule has 26 heavy (non-hydrogen) atoms. The minimum absolute atomic E-state index is 0.270. The minimum Gasteiger partial charge on any atom is -0.355 e. The van der Waals surface area contributed by atoms with Crippen molar-refractivity contribution < 1.29 is 0 Å².